The van der Waals surface area contributed by atoms with Gasteiger partial charge in [-0.25, -0.2) is 8.42 Å². The summed E-state index contributed by atoms with van der Waals surface area (Å²) in [6.45, 7) is 3.58. The Labute approximate surface area is 203 Å². The maximum absolute atomic E-state index is 12.8. The normalized spacial score (nSPS) is 10.9. The standard InChI is InChI=1S/C24H25N3O7S/c1-4-33-20-11-14-22(23(15-20)27(29)30)25-24(28)16-34-19-9-7-18(8-10-19)26(3)35(31,32)21-12-5-17(2)6-13-21/h5-15H,4,16H2,1-3H3,(H,25,28). The summed E-state index contributed by atoms with van der Waals surface area (Å²) in [5.74, 6) is 0.0505. The summed E-state index contributed by atoms with van der Waals surface area (Å²) in [4.78, 5) is 23.2. The largest absolute Gasteiger partial charge is 0.494 e. The van der Waals surface area contributed by atoms with Crippen molar-refractivity contribution in [1.29, 1.82) is 0 Å². The van der Waals surface area contributed by atoms with Crippen LogP contribution in [0.3, 0.4) is 0 Å². The molecule has 11 heteroatoms. The molecule has 3 rings (SSSR count). The lowest BCUT2D eigenvalue weighted by molar-refractivity contribution is -0.384. The minimum absolute atomic E-state index is 0.0188. The summed E-state index contributed by atoms with van der Waals surface area (Å²) in [5.41, 5.74) is 1.08. The molecule has 0 saturated heterocycles. The molecule has 0 aliphatic heterocycles. The Morgan fingerprint density at radius 3 is 2.23 bits per heavy atom. The van der Waals surface area contributed by atoms with Gasteiger partial charge in [0.15, 0.2) is 6.61 Å². The molecule has 0 unspecified atom stereocenters. The number of anilines is 2. The highest BCUT2D eigenvalue weighted by molar-refractivity contribution is 7.92. The quantitative estimate of drug-likeness (QED) is 0.328. The highest BCUT2D eigenvalue weighted by atomic mass is 32.2. The average molecular weight is 500 g/mol. The van der Waals surface area contributed by atoms with E-state index in [2.05, 4.69) is 5.32 Å². The van der Waals surface area contributed by atoms with Gasteiger partial charge >= 0.3 is 0 Å². The van der Waals surface area contributed by atoms with Gasteiger partial charge in [0.1, 0.15) is 17.2 Å². The number of amides is 1. The van der Waals surface area contributed by atoms with Crippen LogP contribution in [0.4, 0.5) is 17.1 Å². The summed E-state index contributed by atoms with van der Waals surface area (Å²) >= 11 is 0. The zero-order chi connectivity index (χ0) is 25.6. The van der Waals surface area contributed by atoms with Crippen LogP contribution in [0, 0.1) is 17.0 Å². The van der Waals surface area contributed by atoms with Crippen molar-refractivity contribution in [3.8, 4) is 11.5 Å². The summed E-state index contributed by atoms with van der Waals surface area (Å²) in [6, 6.07) is 16.9. The SMILES string of the molecule is CCOc1ccc(NC(=O)COc2ccc(N(C)S(=O)(=O)c3ccc(C)cc3)cc2)c([N+](=O)[O-])c1. The second kappa shape index (κ2) is 10.9. The van der Waals surface area contributed by atoms with Gasteiger partial charge < -0.3 is 14.8 Å². The molecule has 0 radical (unpaired) electrons. The van der Waals surface area contributed by atoms with Gasteiger partial charge in [0.2, 0.25) is 0 Å². The Kier molecular flexibility index (Phi) is 7.92. The van der Waals surface area contributed by atoms with Crippen LogP contribution < -0.4 is 19.1 Å². The summed E-state index contributed by atoms with van der Waals surface area (Å²) in [6.07, 6.45) is 0. The third-order valence-corrected chi connectivity index (χ3v) is 6.80. The number of hydrogen-bond acceptors (Lipinski definition) is 7. The van der Waals surface area contributed by atoms with E-state index in [0.29, 0.717) is 23.8 Å². The molecule has 0 aromatic heterocycles. The van der Waals surface area contributed by atoms with E-state index in [1.165, 1.54) is 37.4 Å². The Hall–Kier alpha value is -4.12. The Morgan fingerprint density at radius 1 is 1.00 bits per heavy atom. The molecule has 1 amide bonds. The number of nitro benzene ring substituents is 1. The fourth-order valence-corrected chi connectivity index (χ4v) is 4.31. The van der Waals surface area contributed by atoms with Crippen molar-refractivity contribution in [3.05, 3.63) is 82.4 Å². The van der Waals surface area contributed by atoms with Crippen molar-refractivity contribution in [2.45, 2.75) is 18.7 Å². The number of carbonyl (C=O) groups excluding carboxylic acids is 1. The Balaban J connectivity index is 1.63. The average Bonchev–Trinajstić information content (AvgIpc) is 2.84. The van der Waals surface area contributed by atoms with Gasteiger partial charge in [-0.05, 0) is 62.4 Å². The van der Waals surface area contributed by atoms with Crippen LogP contribution in [-0.2, 0) is 14.8 Å². The molecule has 35 heavy (non-hydrogen) atoms. The van der Waals surface area contributed by atoms with E-state index >= 15 is 0 Å². The Morgan fingerprint density at radius 2 is 1.63 bits per heavy atom. The number of benzene rings is 3. The lowest BCUT2D eigenvalue weighted by atomic mass is 10.2. The van der Waals surface area contributed by atoms with Crippen LogP contribution in [-0.4, -0.2) is 39.5 Å². The highest BCUT2D eigenvalue weighted by Gasteiger charge is 2.21. The number of sulfonamides is 1. The minimum Gasteiger partial charge on any atom is -0.494 e. The fourth-order valence-electron chi connectivity index (χ4n) is 3.12. The molecule has 0 spiro atoms. The molecule has 10 nitrogen and oxygen atoms in total. The smallest absolute Gasteiger partial charge is 0.296 e. The fraction of sp³-hybridized carbons (Fsp3) is 0.208. The topological polar surface area (TPSA) is 128 Å². The lowest BCUT2D eigenvalue weighted by Gasteiger charge is -2.20. The first-order chi connectivity index (χ1) is 16.6. The van der Waals surface area contributed by atoms with Gasteiger partial charge in [0.05, 0.1) is 28.2 Å². The van der Waals surface area contributed by atoms with Crippen molar-refractivity contribution in [2.24, 2.45) is 0 Å². The summed E-state index contributed by atoms with van der Waals surface area (Å²) in [7, 11) is -2.29. The molecule has 0 bridgehead atoms. The highest BCUT2D eigenvalue weighted by Crippen LogP contribution is 2.29. The third-order valence-electron chi connectivity index (χ3n) is 5.00. The molecule has 0 saturated carbocycles. The van der Waals surface area contributed by atoms with Gasteiger partial charge in [-0.15, -0.1) is 0 Å². The molecule has 0 atom stereocenters. The van der Waals surface area contributed by atoms with E-state index < -0.39 is 27.5 Å². The van der Waals surface area contributed by atoms with Crippen molar-refractivity contribution in [1.82, 2.24) is 0 Å². The van der Waals surface area contributed by atoms with Gasteiger partial charge in [0, 0.05) is 7.05 Å². The molecule has 0 heterocycles. The number of nitro groups is 1. The molecule has 0 fully saturated rings. The number of aryl methyl sites for hydroxylation is 1. The first kappa shape index (κ1) is 25.5. The van der Waals surface area contributed by atoms with E-state index in [4.69, 9.17) is 9.47 Å². The molecular weight excluding hydrogens is 474 g/mol. The summed E-state index contributed by atoms with van der Waals surface area (Å²) in [5, 5.41) is 13.8. The van der Waals surface area contributed by atoms with Crippen molar-refractivity contribution in [3.63, 3.8) is 0 Å². The van der Waals surface area contributed by atoms with Gasteiger partial charge in [-0.2, -0.15) is 0 Å². The van der Waals surface area contributed by atoms with E-state index in [9.17, 15) is 23.3 Å². The van der Waals surface area contributed by atoms with Gasteiger partial charge in [-0.3, -0.25) is 19.2 Å². The zero-order valence-electron chi connectivity index (χ0n) is 19.4. The molecule has 0 aliphatic carbocycles. The van der Waals surface area contributed by atoms with Crippen molar-refractivity contribution < 1.29 is 27.6 Å². The number of ether oxygens (including phenoxy) is 2. The van der Waals surface area contributed by atoms with Crippen molar-refractivity contribution >= 4 is 33.0 Å². The maximum Gasteiger partial charge on any atom is 0.296 e. The predicted molar refractivity (Wildman–Crippen MR) is 132 cm³/mol. The third kappa shape index (κ3) is 6.27. The van der Waals surface area contributed by atoms with Crippen LogP contribution in [0.15, 0.2) is 71.6 Å². The zero-order valence-corrected chi connectivity index (χ0v) is 20.2. The van der Waals surface area contributed by atoms with Gasteiger partial charge in [-0.1, -0.05) is 17.7 Å². The van der Waals surface area contributed by atoms with Crippen LogP contribution >= 0.6 is 0 Å². The molecule has 3 aromatic rings. The van der Waals surface area contributed by atoms with Crippen LogP contribution in [0.5, 0.6) is 11.5 Å². The van der Waals surface area contributed by atoms with Crippen molar-refractivity contribution in [2.75, 3.05) is 29.9 Å². The van der Waals surface area contributed by atoms with Crippen LogP contribution in [0.1, 0.15) is 12.5 Å². The maximum atomic E-state index is 12.8. The number of rotatable bonds is 10. The first-order valence-corrected chi connectivity index (χ1v) is 12.1. The van der Waals surface area contributed by atoms with Crippen LogP contribution in [0.2, 0.25) is 0 Å². The minimum atomic E-state index is -3.74. The predicted octanol–water partition coefficient (Wildman–Crippen LogP) is 4.14. The monoisotopic (exact) mass is 499 g/mol. The van der Waals surface area contributed by atoms with E-state index in [0.717, 1.165) is 9.87 Å². The molecule has 0 aliphatic rings. The number of hydrogen-bond donors (Lipinski definition) is 1. The van der Waals surface area contributed by atoms with Gasteiger partial charge in [0.25, 0.3) is 21.6 Å². The lowest BCUT2D eigenvalue weighted by Crippen LogP contribution is -2.26. The Bertz CT molecular complexity index is 1310. The second-order valence-electron chi connectivity index (χ2n) is 7.49. The van der Waals surface area contributed by atoms with Crippen LogP contribution in [0.25, 0.3) is 0 Å². The summed E-state index contributed by atoms with van der Waals surface area (Å²) < 4.78 is 37.5. The molecule has 1 N–H and O–H groups in total. The van der Waals surface area contributed by atoms with E-state index in [1.807, 2.05) is 6.92 Å². The van der Waals surface area contributed by atoms with E-state index in [1.54, 1.807) is 43.3 Å². The number of nitrogens with one attached hydrogen (secondary N) is 1. The molecule has 3 aromatic carbocycles. The number of nitrogens with zero attached hydrogens (tertiary/aromatic N) is 2. The molecule has 184 valence electrons. The number of carbonyl (C=O) groups is 1. The molecular formula is C24H25N3O7S. The first-order valence-electron chi connectivity index (χ1n) is 10.6. The second-order valence-corrected chi connectivity index (χ2v) is 9.45. The van der Waals surface area contributed by atoms with E-state index in [-0.39, 0.29) is 16.3 Å².